The summed E-state index contributed by atoms with van der Waals surface area (Å²) in [5.74, 6) is -2.44. The van der Waals surface area contributed by atoms with Gasteiger partial charge in [0.25, 0.3) is 0 Å². The molecule has 2 aromatic carbocycles. The Balaban J connectivity index is 1.67. The number of fused-ring (bicyclic) bond motifs is 4. The molecule has 0 bridgehead atoms. The van der Waals surface area contributed by atoms with E-state index in [1.165, 1.54) is 24.3 Å². The van der Waals surface area contributed by atoms with E-state index in [0.29, 0.717) is 11.1 Å². The number of hydrogen-bond donors (Lipinski definition) is 2. The molecule has 2 N–H and O–H groups in total. The second kappa shape index (κ2) is 4.01. The van der Waals surface area contributed by atoms with Crippen LogP contribution >= 0.6 is 0 Å². The number of piperidine rings is 2. The standard InChI is InChI=1S/C18H12F2N2O2/c19-11-5-1-3-9(7-11)17-13(15(23)21-17)18(14(17)16(24)22-18)10-4-2-6-12(20)8-10/h1-8,13-14H,(H,21,23)(H,22,24). The summed E-state index contributed by atoms with van der Waals surface area (Å²) >= 11 is 0. The topological polar surface area (TPSA) is 58.2 Å². The minimum absolute atomic E-state index is 0.222. The molecule has 2 amide bonds. The van der Waals surface area contributed by atoms with E-state index in [0.717, 1.165) is 0 Å². The summed E-state index contributed by atoms with van der Waals surface area (Å²) in [6, 6.07) is 11.8. The number of rotatable bonds is 2. The van der Waals surface area contributed by atoms with E-state index in [-0.39, 0.29) is 11.8 Å². The first-order valence-electron chi connectivity index (χ1n) is 7.66. The highest BCUT2D eigenvalue weighted by Crippen LogP contribution is 2.71. The fraction of sp³-hybridized carbons (Fsp3) is 0.222. The van der Waals surface area contributed by atoms with Crippen molar-refractivity contribution in [3.05, 3.63) is 71.3 Å². The lowest BCUT2D eigenvalue weighted by Crippen LogP contribution is -2.97. The average Bonchev–Trinajstić information content (AvgIpc) is 2.51. The van der Waals surface area contributed by atoms with Crippen LogP contribution in [0.3, 0.4) is 0 Å². The average molecular weight is 326 g/mol. The molecule has 0 spiro atoms. The predicted octanol–water partition coefficient (Wildman–Crippen LogP) is 1.56. The molecule has 2 saturated heterocycles. The van der Waals surface area contributed by atoms with Gasteiger partial charge in [0.15, 0.2) is 0 Å². The Bertz CT molecular complexity index is 843. The zero-order chi connectivity index (χ0) is 16.7. The Morgan fingerprint density at radius 3 is 1.50 bits per heavy atom. The van der Waals surface area contributed by atoms with Crippen LogP contribution in [0.4, 0.5) is 8.78 Å². The van der Waals surface area contributed by atoms with Gasteiger partial charge in [-0.1, -0.05) is 24.3 Å². The van der Waals surface area contributed by atoms with E-state index in [4.69, 9.17) is 0 Å². The van der Waals surface area contributed by atoms with E-state index in [2.05, 4.69) is 10.6 Å². The van der Waals surface area contributed by atoms with E-state index >= 15 is 0 Å². The normalized spacial score (nSPS) is 35.4. The minimum atomic E-state index is -0.909. The van der Waals surface area contributed by atoms with Gasteiger partial charge in [0.1, 0.15) is 11.6 Å². The quantitative estimate of drug-likeness (QED) is 0.823. The van der Waals surface area contributed by atoms with Gasteiger partial charge in [0.05, 0.1) is 22.9 Å². The molecule has 6 heteroatoms. The summed E-state index contributed by atoms with van der Waals surface area (Å²) in [5.41, 5.74) is -0.681. The first-order chi connectivity index (χ1) is 11.5. The highest BCUT2D eigenvalue weighted by Gasteiger charge is 2.87. The molecule has 0 unspecified atom stereocenters. The largest absolute Gasteiger partial charge is 0.344 e. The van der Waals surface area contributed by atoms with Crippen LogP contribution in [0, 0.1) is 23.5 Å². The first-order valence-corrected chi connectivity index (χ1v) is 7.66. The summed E-state index contributed by atoms with van der Waals surface area (Å²) in [6.07, 6.45) is 0. The van der Waals surface area contributed by atoms with Crippen LogP contribution < -0.4 is 10.6 Å². The molecule has 24 heavy (non-hydrogen) atoms. The maximum absolute atomic E-state index is 13.7. The molecule has 120 valence electrons. The van der Waals surface area contributed by atoms with Crippen LogP contribution in [0.5, 0.6) is 0 Å². The molecule has 0 atom stereocenters. The Labute approximate surface area is 135 Å². The second-order valence-corrected chi connectivity index (χ2v) is 6.60. The summed E-state index contributed by atoms with van der Waals surface area (Å²) in [6.45, 7) is 0. The number of halogens is 2. The van der Waals surface area contributed by atoms with E-state index < -0.39 is 34.5 Å². The molecule has 3 aliphatic rings. The van der Waals surface area contributed by atoms with Gasteiger partial charge in [0.2, 0.25) is 11.8 Å². The maximum atomic E-state index is 13.7. The third-order valence-electron chi connectivity index (χ3n) is 5.61. The van der Waals surface area contributed by atoms with Crippen molar-refractivity contribution in [1.82, 2.24) is 10.6 Å². The van der Waals surface area contributed by atoms with Crippen molar-refractivity contribution in [1.29, 1.82) is 0 Å². The van der Waals surface area contributed by atoms with E-state index in [1.54, 1.807) is 24.3 Å². The molecule has 5 rings (SSSR count). The molecular formula is C18H12F2N2O2. The molecule has 3 fully saturated rings. The first kappa shape index (κ1) is 13.7. The van der Waals surface area contributed by atoms with Crippen molar-refractivity contribution in [3.8, 4) is 0 Å². The van der Waals surface area contributed by atoms with Crippen LogP contribution in [0.25, 0.3) is 0 Å². The van der Waals surface area contributed by atoms with Crippen molar-refractivity contribution in [3.63, 3.8) is 0 Å². The lowest BCUT2D eigenvalue weighted by Gasteiger charge is -2.77. The van der Waals surface area contributed by atoms with Crippen molar-refractivity contribution in [2.24, 2.45) is 11.8 Å². The Kier molecular flexibility index (Phi) is 2.28. The fourth-order valence-corrected chi connectivity index (χ4v) is 4.77. The lowest BCUT2D eigenvalue weighted by molar-refractivity contribution is -0.230. The van der Waals surface area contributed by atoms with Gasteiger partial charge in [-0.05, 0) is 35.4 Å². The molecular weight excluding hydrogens is 314 g/mol. The summed E-state index contributed by atoms with van der Waals surface area (Å²) < 4.78 is 27.3. The van der Waals surface area contributed by atoms with Crippen LogP contribution in [0.2, 0.25) is 0 Å². The number of amides is 2. The third-order valence-corrected chi connectivity index (χ3v) is 5.61. The van der Waals surface area contributed by atoms with Gasteiger partial charge in [-0.2, -0.15) is 0 Å². The summed E-state index contributed by atoms with van der Waals surface area (Å²) in [7, 11) is 0. The lowest BCUT2D eigenvalue weighted by atomic mass is 9.35. The smallest absolute Gasteiger partial charge is 0.229 e. The third kappa shape index (κ3) is 1.26. The van der Waals surface area contributed by atoms with Crippen molar-refractivity contribution < 1.29 is 18.4 Å². The second-order valence-electron chi connectivity index (χ2n) is 6.60. The number of carbonyl (C=O) groups is 2. The number of β-lactam (4-membered cyclic amide) rings is 2. The van der Waals surface area contributed by atoms with Gasteiger partial charge < -0.3 is 10.6 Å². The number of carbonyl (C=O) groups excluding carboxylic acids is 2. The molecule has 2 aliphatic heterocycles. The monoisotopic (exact) mass is 326 g/mol. The maximum Gasteiger partial charge on any atom is 0.229 e. The summed E-state index contributed by atoms with van der Waals surface area (Å²) in [5, 5.41) is 5.62. The zero-order valence-electron chi connectivity index (χ0n) is 12.3. The Morgan fingerprint density at radius 1 is 0.750 bits per heavy atom. The van der Waals surface area contributed by atoms with Crippen LogP contribution in [-0.4, -0.2) is 11.8 Å². The fourth-order valence-electron chi connectivity index (χ4n) is 4.77. The Hall–Kier alpha value is -2.76. The minimum Gasteiger partial charge on any atom is -0.344 e. The van der Waals surface area contributed by atoms with Crippen molar-refractivity contribution in [2.45, 2.75) is 11.1 Å². The van der Waals surface area contributed by atoms with Gasteiger partial charge in [-0.3, -0.25) is 9.59 Å². The number of hydrogen-bond acceptors (Lipinski definition) is 2. The SMILES string of the molecule is O=C1NC2(c3cccc(F)c3)C1C1(c3cccc(F)c3)NC(=O)C21. The molecule has 2 aromatic rings. The van der Waals surface area contributed by atoms with Crippen LogP contribution in [0.15, 0.2) is 48.5 Å². The van der Waals surface area contributed by atoms with Gasteiger partial charge in [-0.15, -0.1) is 0 Å². The van der Waals surface area contributed by atoms with E-state index in [9.17, 15) is 18.4 Å². The highest BCUT2D eigenvalue weighted by molar-refractivity contribution is 6.05. The highest BCUT2D eigenvalue weighted by atomic mass is 19.1. The van der Waals surface area contributed by atoms with Gasteiger partial charge in [0, 0.05) is 0 Å². The number of benzene rings is 2. The van der Waals surface area contributed by atoms with Gasteiger partial charge in [-0.25, -0.2) is 8.78 Å². The zero-order valence-corrected chi connectivity index (χ0v) is 12.3. The molecule has 1 aliphatic carbocycles. The summed E-state index contributed by atoms with van der Waals surface area (Å²) in [4.78, 5) is 24.5. The predicted molar refractivity (Wildman–Crippen MR) is 79.4 cm³/mol. The van der Waals surface area contributed by atoms with Gasteiger partial charge >= 0.3 is 0 Å². The Morgan fingerprint density at radius 2 is 1.17 bits per heavy atom. The van der Waals surface area contributed by atoms with Crippen molar-refractivity contribution in [2.75, 3.05) is 0 Å². The van der Waals surface area contributed by atoms with Crippen LogP contribution in [-0.2, 0) is 20.7 Å². The molecule has 2 heterocycles. The molecule has 1 saturated carbocycles. The van der Waals surface area contributed by atoms with Crippen molar-refractivity contribution >= 4 is 11.8 Å². The van der Waals surface area contributed by atoms with E-state index in [1.807, 2.05) is 0 Å². The molecule has 0 radical (unpaired) electrons. The van der Waals surface area contributed by atoms with Crippen LogP contribution in [0.1, 0.15) is 11.1 Å². The molecule has 0 aromatic heterocycles. The molecule has 4 nitrogen and oxygen atoms in total. The number of nitrogens with one attached hydrogen (secondary N) is 2.